The molecule has 0 unspecified atom stereocenters. The molecule has 8 rings (SSSR count). The predicted octanol–water partition coefficient (Wildman–Crippen LogP) is 5.21. The van der Waals surface area contributed by atoms with Crippen LogP contribution in [0.25, 0.3) is 22.5 Å². The molecule has 5 aromatic rings. The fraction of sp³-hybridized carbons (Fsp3) is 0.0345. The second-order valence-corrected chi connectivity index (χ2v) is 14.1. The number of fused-ring (bicyclic) bond motifs is 4. The van der Waals surface area contributed by atoms with E-state index in [4.69, 9.17) is 0 Å². The molecule has 0 N–H and O–H groups in total. The third-order valence-corrected chi connectivity index (χ3v) is 13.8. The number of anilines is 3. The van der Waals surface area contributed by atoms with Crippen LogP contribution in [-0.4, -0.2) is 6.66 Å². The average Bonchev–Trinajstić information content (AvgIpc) is 3.28. The minimum absolute atomic E-state index is 0.224. The molecule has 3 aliphatic rings. The number of nitrogens with zero attached hydrogens (tertiary/aromatic N) is 3. The van der Waals surface area contributed by atoms with Crippen molar-refractivity contribution in [2.24, 2.45) is 0 Å². The number of halogens is 1. The average molecular weight is 461 g/mol. The quantitative estimate of drug-likeness (QED) is 0.312. The first kappa shape index (κ1) is 18.5. The molecule has 5 heterocycles. The van der Waals surface area contributed by atoms with Crippen molar-refractivity contribution in [2.75, 3.05) is 11.6 Å². The molecule has 162 valence electrons. The Hall–Kier alpha value is -3.88. The Morgan fingerprint density at radius 1 is 0.618 bits per heavy atom. The molecule has 0 fully saturated rings. The number of benzene rings is 3. The van der Waals surface area contributed by atoms with Gasteiger partial charge in [-0.3, -0.25) is 0 Å². The summed E-state index contributed by atoms with van der Waals surface area (Å²) in [5.41, 5.74) is 8.33. The molecule has 0 saturated heterocycles. The molecule has 34 heavy (non-hydrogen) atoms. The zero-order valence-electron chi connectivity index (χ0n) is 18.6. The Morgan fingerprint density at radius 2 is 1.15 bits per heavy atom. The fourth-order valence-corrected chi connectivity index (χ4v) is 13.2. The van der Waals surface area contributed by atoms with E-state index in [1.165, 1.54) is 44.5 Å². The van der Waals surface area contributed by atoms with Gasteiger partial charge in [0, 0.05) is 0 Å². The maximum atomic E-state index is 13.9. The molecule has 5 heteroatoms. The molecule has 1 spiro atoms. The van der Waals surface area contributed by atoms with Crippen LogP contribution in [-0.2, 0) is 0 Å². The van der Waals surface area contributed by atoms with Gasteiger partial charge < -0.3 is 0 Å². The van der Waals surface area contributed by atoms with Crippen molar-refractivity contribution in [3.05, 3.63) is 115 Å². The van der Waals surface area contributed by atoms with Crippen molar-refractivity contribution in [2.45, 2.75) is 0 Å². The summed E-state index contributed by atoms with van der Waals surface area (Å²) in [6.45, 7) is -0.632. The van der Waals surface area contributed by atoms with E-state index < -0.39 is 6.90 Å². The van der Waals surface area contributed by atoms with Crippen LogP contribution in [0.2, 0.25) is 0 Å². The van der Waals surface area contributed by atoms with Gasteiger partial charge in [0.1, 0.15) is 0 Å². The molecule has 2 aromatic heterocycles. The number of aromatic nitrogens is 2. The van der Waals surface area contributed by atoms with Crippen LogP contribution in [0.5, 0.6) is 0 Å². The van der Waals surface area contributed by atoms with E-state index in [-0.39, 0.29) is 5.82 Å². The fourth-order valence-electron chi connectivity index (χ4n) is 6.76. The van der Waals surface area contributed by atoms with E-state index in [0.717, 1.165) is 5.69 Å². The zero-order valence-corrected chi connectivity index (χ0v) is 19.5. The SMILES string of the molecule is CP123c4c(cccc4N(c4ccc(F)cc4)c4cccc(c41)-c1cccc[n+]12)-c1cccc[n+]13. The standard InChI is InChI=1S/C29H21FN3P/c1-34-28-22(24-10-2-4-18-31(24)34)8-6-12-26(28)33(21-16-14-20(30)15-17-21)27-13-7-9-23(29(27)34)25-11-3-5-19-32(25)34/h2-19H,1H3/q+2. The summed E-state index contributed by atoms with van der Waals surface area (Å²) in [6.07, 6.45) is 4.53. The molecule has 3 aromatic carbocycles. The molecule has 0 bridgehead atoms. The van der Waals surface area contributed by atoms with Crippen LogP contribution in [0.15, 0.2) is 109 Å². The van der Waals surface area contributed by atoms with Gasteiger partial charge in [0.05, 0.1) is 0 Å². The van der Waals surface area contributed by atoms with Gasteiger partial charge in [-0.25, -0.2) is 0 Å². The van der Waals surface area contributed by atoms with Crippen LogP contribution in [0.1, 0.15) is 0 Å². The van der Waals surface area contributed by atoms with Crippen molar-refractivity contribution in [1.29, 1.82) is 0 Å². The molecule has 3 aliphatic heterocycles. The molecular formula is C29H21FN3P+2. The third kappa shape index (κ3) is 1.77. The Morgan fingerprint density at radius 3 is 1.68 bits per heavy atom. The molecule has 0 amide bonds. The zero-order chi connectivity index (χ0) is 22.7. The second kappa shape index (κ2) is 5.78. The molecular weight excluding hydrogens is 440 g/mol. The Labute approximate surface area is 197 Å². The van der Waals surface area contributed by atoms with Crippen LogP contribution < -0.4 is 24.2 Å². The first-order valence-electron chi connectivity index (χ1n) is 11.5. The number of rotatable bonds is 1. The van der Waals surface area contributed by atoms with Crippen LogP contribution in [0.3, 0.4) is 0 Å². The maximum absolute atomic E-state index is 13.9. The van der Waals surface area contributed by atoms with Crippen LogP contribution in [0.4, 0.5) is 21.5 Å². The summed E-state index contributed by atoms with van der Waals surface area (Å²) in [5.74, 6) is -0.224. The van der Waals surface area contributed by atoms with Gasteiger partial charge in [0.25, 0.3) is 0 Å². The van der Waals surface area contributed by atoms with Gasteiger partial charge in [-0.2, -0.15) is 0 Å². The molecule has 0 saturated carbocycles. The van der Waals surface area contributed by atoms with Crippen LogP contribution in [0, 0.1) is 5.82 Å². The normalized spacial score (nSPS) is 17.7. The van der Waals surface area contributed by atoms with Crippen molar-refractivity contribution in [3.8, 4) is 22.5 Å². The van der Waals surface area contributed by atoms with Crippen molar-refractivity contribution in [1.82, 2.24) is 0 Å². The van der Waals surface area contributed by atoms with Crippen molar-refractivity contribution in [3.63, 3.8) is 0 Å². The topological polar surface area (TPSA) is 11.0 Å². The van der Waals surface area contributed by atoms with Gasteiger partial charge in [-0.1, -0.05) is 0 Å². The summed E-state index contributed by atoms with van der Waals surface area (Å²) in [7, 11) is 0. The minimum atomic E-state index is -3.12. The summed E-state index contributed by atoms with van der Waals surface area (Å²) in [4.78, 5) is 2.32. The third-order valence-electron chi connectivity index (χ3n) is 7.95. The van der Waals surface area contributed by atoms with E-state index in [1.54, 1.807) is 12.1 Å². The van der Waals surface area contributed by atoms with E-state index in [2.05, 4.69) is 105 Å². The number of pyridine rings is 2. The molecule has 0 atom stereocenters. The van der Waals surface area contributed by atoms with E-state index in [0.29, 0.717) is 0 Å². The summed E-state index contributed by atoms with van der Waals surface area (Å²) < 4.78 is 19.1. The first-order chi connectivity index (χ1) is 16.6. The molecule has 0 radical (unpaired) electrons. The number of hydrogen-bond donors (Lipinski definition) is 0. The Balaban J connectivity index is 1.65. The second-order valence-electron chi connectivity index (χ2n) is 9.47. The van der Waals surface area contributed by atoms with E-state index in [1.807, 2.05) is 12.1 Å². The summed E-state index contributed by atoms with van der Waals surface area (Å²) in [6, 6.07) is 33.2. The first-order valence-corrected chi connectivity index (χ1v) is 14.1. The number of hydrogen-bond acceptors (Lipinski definition) is 1. The van der Waals surface area contributed by atoms with Crippen molar-refractivity contribution < 1.29 is 13.1 Å². The molecule has 3 nitrogen and oxygen atoms in total. The monoisotopic (exact) mass is 461 g/mol. The predicted molar refractivity (Wildman–Crippen MR) is 135 cm³/mol. The van der Waals surface area contributed by atoms with Gasteiger partial charge in [0.2, 0.25) is 0 Å². The Bertz CT molecular complexity index is 1610. The van der Waals surface area contributed by atoms with Gasteiger partial charge in [0.15, 0.2) is 0 Å². The summed E-state index contributed by atoms with van der Waals surface area (Å²) in [5, 5.41) is 2.75. The molecule has 0 aliphatic carbocycles. The van der Waals surface area contributed by atoms with Gasteiger partial charge in [-0.15, -0.1) is 0 Å². The van der Waals surface area contributed by atoms with Crippen LogP contribution >= 0.6 is 6.90 Å². The summed E-state index contributed by atoms with van der Waals surface area (Å²) >= 11 is 0. The van der Waals surface area contributed by atoms with E-state index in [9.17, 15) is 4.39 Å². The van der Waals surface area contributed by atoms with Crippen molar-refractivity contribution >= 4 is 34.6 Å². The Kier molecular flexibility index (Phi) is 3.15. The van der Waals surface area contributed by atoms with Gasteiger partial charge >= 0.3 is 197 Å². The van der Waals surface area contributed by atoms with Gasteiger partial charge in [-0.05, 0) is 0 Å². The van der Waals surface area contributed by atoms with E-state index >= 15 is 0 Å².